The van der Waals surface area contributed by atoms with Crippen molar-refractivity contribution in [2.24, 2.45) is 7.05 Å². The Morgan fingerprint density at radius 2 is 1.96 bits per heavy atom. The van der Waals surface area contributed by atoms with Crippen LogP contribution < -0.4 is 5.32 Å². The Kier molecular flexibility index (Phi) is 4.40. The van der Waals surface area contributed by atoms with Gasteiger partial charge < -0.3 is 5.32 Å². The summed E-state index contributed by atoms with van der Waals surface area (Å²) in [4.78, 5) is 14.9. The molecule has 4 aromatic rings. The molecule has 0 saturated carbocycles. The van der Waals surface area contributed by atoms with Crippen LogP contribution in [-0.2, 0) is 7.05 Å². The number of benzene rings is 1. The molecule has 0 atom stereocenters. The average Bonchev–Trinajstić information content (AvgIpc) is 3.36. The summed E-state index contributed by atoms with van der Waals surface area (Å²) in [7, 11) is 1.88. The Morgan fingerprint density at radius 3 is 2.73 bits per heavy atom. The number of hydrogen-bond donors (Lipinski definition) is 1. The van der Waals surface area contributed by atoms with E-state index in [1.165, 1.54) is 23.5 Å². The number of nitrogens with zero attached hydrogens (tertiary/aromatic N) is 2. The SMILES string of the molecule is Cn1nc(-c2cccs2)cc1-c1ccc(C(=O)Nc2ccccc2F)s1. The summed E-state index contributed by atoms with van der Waals surface area (Å²) in [5, 5.41) is 9.17. The van der Waals surface area contributed by atoms with Crippen molar-refractivity contribution in [2.45, 2.75) is 0 Å². The van der Waals surface area contributed by atoms with E-state index in [-0.39, 0.29) is 11.6 Å². The molecule has 4 nitrogen and oxygen atoms in total. The quantitative estimate of drug-likeness (QED) is 0.522. The van der Waals surface area contributed by atoms with Crippen LogP contribution in [0.25, 0.3) is 21.1 Å². The number of aromatic nitrogens is 2. The van der Waals surface area contributed by atoms with Crippen LogP contribution >= 0.6 is 22.7 Å². The molecule has 7 heteroatoms. The zero-order valence-electron chi connectivity index (χ0n) is 13.8. The summed E-state index contributed by atoms with van der Waals surface area (Å²) in [6, 6.07) is 15.8. The van der Waals surface area contributed by atoms with E-state index in [9.17, 15) is 9.18 Å². The van der Waals surface area contributed by atoms with Crippen molar-refractivity contribution in [3.05, 3.63) is 70.7 Å². The van der Waals surface area contributed by atoms with E-state index < -0.39 is 5.82 Å². The zero-order chi connectivity index (χ0) is 18.1. The van der Waals surface area contributed by atoms with Gasteiger partial charge in [0.25, 0.3) is 5.91 Å². The monoisotopic (exact) mass is 383 g/mol. The molecular weight excluding hydrogens is 369 g/mol. The van der Waals surface area contributed by atoms with E-state index in [4.69, 9.17) is 0 Å². The molecular formula is C19H14FN3OS2. The van der Waals surface area contributed by atoms with Gasteiger partial charge in [0.15, 0.2) is 0 Å². The molecule has 3 aromatic heterocycles. The van der Waals surface area contributed by atoms with Crippen LogP contribution in [0.15, 0.2) is 60.0 Å². The molecule has 0 saturated heterocycles. The van der Waals surface area contributed by atoms with Gasteiger partial charge >= 0.3 is 0 Å². The van der Waals surface area contributed by atoms with Gasteiger partial charge in [0.05, 0.1) is 26.0 Å². The Labute approximate surface area is 157 Å². The highest BCUT2D eigenvalue weighted by atomic mass is 32.1. The number of amides is 1. The van der Waals surface area contributed by atoms with E-state index >= 15 is 0 Å². The lowest BCUT2D eigenvalue weighted by Crippen LogP contribution is -2.11. The molecule has 0 aliphatic carbocycles. The van der Waals surface area contributed by atoms with Gasteiger partial charge in [-0.1, -0.05) is 18.2 Å². The molecule has 3 heterocycles. The number of anilines is 1. The van der Waals surface area contributed by atoms with Crippen molar-refractivity contribution in [1.29, 1.82) is 0 Å². The lowest BCUT2D eigenvalue weighted by molar-refractivity contribution is 0.103. The molecule has 0 fully saturated rings. The highest BCUT2D eigenvalue weighted by Gasteiger charge is 2.15. The van der Waals surface area contributed by atoms with Gasteiger partial charge in [-0.2, -0.15) is 5.10 Å². The third-order valence-corrected chi connectivity index (χ3v) is 5.86. The van der Waals surface area contributed by atoms with Crippen molar-refractivity contribution in [1.82, 2.24) is 9.78 Å². The van der Waals surface area contributed by atoms with Crippen LogP contribution in [0.3, 0.4) is 0 Å². The molecule has 130 valence electrons. The van der Waals surface area contributed by atoms with Crippen LogP contribution in [0.4, 0.5) is 10.1 Å². The molecule has 0 radical (unpaired) electrons. The number of thiophene rings is 2. The molecule has 0 spiro atoms. The number of hydrogen-bond acceptors (Lipinski definition) is 4. The van der Waals surface area contributed by atoms with E-state index in [0.29, 0.717) is 4.88 Å². The van der Waals surface area contributed by atoms with Gasteiger partial charge in [-0.3, -0.25) is 9.48 Å². The first-order chi connectivity index (χ1) is 12.6. The van der Waals surface area contributed by atoms with Gasteiger partial charge in [0.1, 0.15) is 11.5 Å². The molecule has 26 heavy (non-hydrogen) atoms. The Hall–Kier alpha value is -2.77. The van der Waals surface area contributed by atoms with Crippen LogP contribution in [0.1, 0.15) is 9.67 Å². The number of rotatable bonds is 4. The third-order valence-electron chi connectivity index (χ3n) is 3.86. The average molecular weight is 383 g/mol. The lowest BCUT2D eigenvalue weighted by Gasteiger charge is -2.04. The van der Waals surface area contributed by atoms with Gasteiger partial charge in [0, 0.05) is 7.05 Å². The number of nitrogens with one attached hydrogen (secondary N) is 1. The van der Waals surface area contributed by atoms with Gasteiger partial charge in [-0.15, -0.1) is 22.7 Å². The van der Waals surface area contributed by atoms with Crippen molar-refractivity contribution in [2.75, 3.05) is 5.32 Å². The molecule has 0 aliphatic heterocycles. The lowest BCUT2D eigenvalue weighted by atomic mass is 10.2. The number of para-hydroxylation sites is 1. The second kappa shape index (κ2) is 6.86. The number of halogens is 1. The fourth-order valence-electron chi connectivity index (χ4n) is 2.59. The number of aryl methyl sites for hydroxylation is 1. The fourth-order valence-corrected chi connectivity index (χ4v) is 4.22. The summed E-state index contributed by atoms with van der Waals surface area (Å²) in [6.45, 7) is 0. The maximum absolute atomic E-state index is 13.7. The predicted molar refractivity (Wildman–Crippen MR) is 104 cm³/mol. The summed E-state index contributed by atoms with van der Waals surface area (Å²) in [6.07, 6.45) is 0. The minimum absolute atomic E-state index is 0.174. The Morgan fingerprint density at radius 1 is 1.12 bits per heavy atom. The van der Waals surface area contributed by atoms with E-state index in [0.717, 1.165) is 21.1 Å². The van der Waals surface area contributed by atoms with E-state index in [1.54, 1.807) is 34.2 Å². The first-order valence-corrected chi connectivity index (χ1v) is 9.55. The molecule has 4 rings (SSSR count). The van der Waals surface area contributed by atoms with Crippen LogP contribution in [-0.4, -0.2) is 15.7 Å². The normalized spacial score (nSPS) is 10.8. The molecule has 1 amide bonds. The summed E-state index contributed by atoms with van der Waals surface area (Å²) < 4.78 is 15.5. The van der Waals surface area contributed by atoms with Gasteiger partial charge in [0.2, 0.25) is 0 Å². The fraction of sp³-hybridized carbons (Fsp3) is 0.0526. The second-order valence-electron chi connectivity index (χ2n) is 5.61. The van der Waals surface area contributed by atoms with Crippen molar-refractivity contribution in [3.63, 3.8) is 0 Å². The molecule has 0 bridgehead atoms. The molecule has 0 unspecified atom stereocenters. The highest BCUT2D eigenvalue weighted by Crippen LogP contribution is 2.32. The van der Waals surface area contributed by atoms with Crippen molar-refractivity contribution in [3.8, 4) is 21.1 Å². The van der Waals surface area contributed by atoms with Gasteiger partial charge in [-0.05, 0) is 41.8 Å². The topological polar surface area (TPSA) is 46.9 Å². The second-order valence-corrected chi connectivity index (χ2v) is 7.65. The summed E-state index contributed by atoms with van der Waals surface area (Å²) in [5.74, 6) is -0.781. The van der Waals surface area contributed by atoms with E-state index in [1.807, 2.05) is 36.7 Å². The minimum atomic E-state index is -0.454. The third kappa shape index (κ3) is 3.18. The van der Waals surface area contributed by atoms with E-state index in [2.05, 4.69) is 10.4 Å². The van der Waals surface area contributed by atoms with Crippen molar-refractivity contribution >= 4 is 34.3 Å². The summed E-state index contributed by atoms with van der Waals surface area (Å²) >= 11 is 2.99. The standard InChI is InChI=1S/C19H14FN3OS2/c1-23-15(11-14(22-23)16-7-4-10-25-16)17-8-9-18(26-17)19(24)21-13-6-3-2-5-12(13)20/h2-11H,1H3,(H,21,24). The smallest absolute Gasteiger partial charge is 0.265 e. The minimum Gasteiger partial charge on any atom is -0.319 e. The van der Waals surface area contributed by atoms with Crippen LogP contribution in [0, 0.1) is 5.82 Å². The van der Waals surface area contributed by atoms with Crippen molar-refractivity contribution < 1.29 is 9.18 Å². The first kappa shape index (κ1) is 16.7. The highest BCUT2D eigenvalue weighted by molar-refractivity contribution is 7.17. The van der Waals surface area contributed by atoms with Gasteiger partial charge in [-0.25, -0.2) is 4.39 Å². The largest absolute Gasteiger partial charge is 0.319 e. The summed E-state index contributed by atoms with van der Waals surface area (Å²) in [5.41, 5.74) is 2.01. The van der Waals surface area contributed by atoms with Crippen LogP contribution in [0.5, 0.6) is 0 Å². The first-order valence-electron chi connectivity index (χ1n) is 7.86. The predicted octanol–water partition coefficient (Wildman–Crippen LogP) is 5.27. The Bertz CT molecular complexity index is 1070. The maximum Gasteiger partial charge on any atom is 0.265 e. The molecule has 1 N–H and O–H groups in total. The molecule has 0 aliphatic rings. The molecule has 1 aromatic carbocycles. The van der Waals surface area contributed by atoms with Crippen LogP contribution in [0.2, 0.25) is 0 Å². The number of carbonyl (C=O) groups excluding carboxylic acids is 1. The maximum atomic E-state index is 13.7. The zero-order valence-corrected chi connectivity index (χ0v) is 15.4. The Balaban J connectivity index is 1.58. The number of carbonyl (C=O) groups is 1.